The Labute approximate surface area is 166 Å². The van der Waals surface area contributed by atoms with Crippen LogP contribution < -0.4 is 10.6 Å². The Morgan fingerprint density at radius 3 is 2.50 bits per heavy atom. The number of rotatable bonds is 4. The summed E-state index contributed by atoms with van der Waals surface area (Å²) in [7, 11) is 0. The molecule has 7 heteroatoms. The molecule has 1 heterocycles. The maximum atomic E-state index is 12.5. The summed E-state index contributed by atoms with van der Waals surface area (Å²) in [6.07, 6.45) is 1.40. The van der Waals surface area contributed by atoms with Gasteiger partial charge in [-0.15, -0.1) is 0 Å². The number of carbonyl (C=O) groups is 2. The van der Waals surface area contributed by atoms with E-state index in [9.17, 15) is 9.59 Å². The number of nitriles is 1. The van der Waals surface area contributed by atoms with Crippen LogP contribution in [0.4, 0.5) is 11.4 Å². The first-order valence-corrected chi connectivity index (χ1v) is 8.70. The van der Waals surface area contributed by atoms with E-state index in [1.807, 2.05) is 6.07 Å². The molecule has 0 saturated heterocycles. The Kier molecular flexibility index (Phi) is 5.68. The predicted molar refractivity (Wildman–Crippen MR) is 107 cm³/mol. The van der Waals surface area contributed by atoms with Crippen molar-refractivity contribution in [1.29, 1.82) is 5.26 Å². The highest BCUT2D eigenvalue weighted by Gasteiger charge is 2.13. The molecule has 2 N–H and O–H groups in total. The van der Waals surface area contributed by atoms with Crippen molar-refractivity contribution in [2.24, 2.45) is 0 Å². The Morgan fingerprint density at radius 2 is 1.79 bits per heavy atom. The van der Waals surface area contributed by atoms with Gasteiger partial charge < -0.3 is 10.6 Å². The monoisotopic (exact) mass is 390 g/mol. The first-order valence-electron chi connectivity index (χ1n) is 8.32. The lowest BCUT2D eigenvalue weighted by molar-refractivity contribution is 0.102. The normalized spacial score (nSPS) is 10.0. The quantitative estimate of drug-likeness (QED) is 0.689. The number of aromatic nitrogens is 1. The summed E-state index contributed by atoms with van der Waals surface area (Å²) < 4.78 is 0. The van der Waals surface area contributed by atoms with E-state index in [0.29, 0.717) is 27.5 Å². The lowest BCUT2D eigenvalue weighted by Gasteiger charge is -2.10. The molecule has 6 nitrogen and oxygen atoms in total. The Morgan fingerprint density at radius 1 is 1.04 bits per heavy atom. The fourth-order valence-corrected chi connectivity index (χ4v) is 2.63. The number of anilines is 2. The Bertz CT molecular complexity index is 1090. The average molecular weight is 391 g/mol. The summed E-state index contributed by atoms with van der Waals surface area (Å²) in [5.74, 6) is -0.835. The fraction of sp³-hybridized carbons (Fsp3) is 0.0476. The lowest BCUT2D eigenvalue weighted by Crippen LogP contribution is -2.17. The maximum absolute atomic E-state index is 12.5. The van der Waals surface area contributed by atoms with Crippen molar-refractivity contribution in [2.45, 2.75) is 6.92 Å². The third-order valence-corrected chi connectivity index (χ3v) is 4.45. The second-order valence-electron chi connectivity index (χ2n) is 5.94. The van der Waals surface area contributed by atoms with Gasteiger partial charge in [0, 0.05) is 28.2 Å². The lowest BCUT2D eigenvalue weighted by atomic mass is 10.1. The van der Waals surface area contributed by atoms with Crippen LogP contribution in [0.25, 0.3) is 0 Å². The number of nitrogens with zero attached hydrogens (tertiary/aromatic N) is 2. The average Bonchev–Trinajstić information content (AvgIpc) is 2.72. The highest BCUT2D eigenvalue weighted by atomic mass is 35.5. The van der Waals surface area contributed by atoms with Crippen molar-refractivity contribution < 1.29 is 9.59 Å². The molecule has 138 valence electrons. The van der Waals surface area contributed by atoms with Crippen LogP contribution in [-0.2, 0) is 0 Å². The summed E-state index contributed by atoms with van der Waals surface area (Å²) >= 11 is 6.07. The molecule has 0 aliphatic heterocycles. The van der Waals surface area contributed by atoms with Gasteiger partial charge in [-0.3, -0.25) is 14.6 Å². The molecule has 0 aliphatic rings. The van der Waals surface area contributed by atoms with Crippen LogP contribution in [0.5, 0.6) is 0 Å². The smallest absolute Gasteiger partial charge is 0.274 e. The van der Waals surface area contributed by atoms with E-state index in [1.165, 1.54) is 18.3 Å². The molecule has 2 aromatic carbocycles. The minimum Gasteiger partial charge on any atom is -0.322 e. The molecule has 0 unspecified atom stereocenters. The molecule has 1 aromatic heterocycles. The van der Waals surface area contributed by atoms with E-state index in [1.54, 1.807) is 49.4 Å². The van der Waals surface area contributed by atoms with Crippen molar-refractivity contribution in [2.75, 3.05) is 10.6 Å². The first-order chi connectivity index (χ1) is 13.5. The van der Waals surface area contributed by atoms with E-state index < -0.39 is 5.91 Å². The SMILES string of the molecule is Cc1c(Cl)cccc1NC(=O)c1ccnc(C(=O)Nc2ccc(C#N)cc2)c1. The number of halogens is 1. The first kappa shape index (κ1) is 19.1. The predicted octanol–water partition coefficient (Wildman–Crippen LogP) is 4.42. The van der Waals surface area contributed by atoms with Gasteiger partial charge in [-0.2, -0.15) is 5.26 Å². The molecule has 0 saturated carbocycles. The molecule has 0 atom stereocenters. The summed E-state index contributed by atoms with van der Waals surface area (Å²) in [4.78, 5) is 29.0. The van der Waals surface area contributed by atoms with Crippen LogP contribution in [-0.4, -0.2) is 16.8 Å². The van der Waals surface area contributed by atoms with Crippen LogP contribution >= 0.6 is 11.6 Å². The van der Waals surface area contributed by atoms with Crippen LogP contribution in [0.1, 0.15) is 32.0 Å². The number of benzene rings is 2. The van der Waals surface area contributed by atoms with Gasteiger partial charge >= 0.3 is 0 Å². The zero-order valence-corrected chi connectivity index (χ0v) is 15.6. The number of carbonyl (C=O) groups excluding carboxylic acids is 2. The topological polar surface area (TPSA) is 94.9 Å². The zero-order chi connectivity index (χ0) is 20.1. The Balaban J connectivity index is 1.75. The van der Waals surface area contributed by atoms with Gasteiger partial charge in [-0.05, 0) is 61.0 Å². The molecule has 0 fully saturated rings. The molecule has 0 bridgehead atoms. The highest BCUT2D eigenvalue weighted by Crippen LogP contribution is 2.23. The van der Waals surface area contributed by atoms with Crippen LogP contribution in [0.3, 0.4) is 0 Å². The van der Waals surface area contributed by atoms with Crippen molar-refractivity contribution in [1.82, 2.24) is 4.98 Å². The van der Waals surface area contributed by atoms with Gasteiger partial charge in [0.25, 0.3) is 11.8 Å². The van der Waals surface area contributed by atoms with Gasteiger partial charge in [-0.1, -0.05) is 17.7 Å². The van der Waals surface area contributed by atoms with Gasteiger partial charge in [-0.25, -0.2) is 0 Å². The molecule has 3 rings (SSSR count). The van der Waals surface area contributed by atoms with Gasteiger partial charge in [0.15, 0.2) is 0 Å². The zero-order valence-electron chi connectivity index (χ0n) is 14.9. The number of hydrogen-bond acceptors (Lipinski definition) is 4. The largest absolute Gasteiger partial charge is 0.322 e. The van der Waals surface area contributed by atoms with Crippen molar-refractivity contribution in [3.8, 4) is 6.07 Å². The minimum atomic E-state index is -0.460. The maximum Gasteiger partial charge on any atom is 0.274 e. The summed E-state index contributed by atoms with van der Waals surface area (Å²) in [6.45, 7) is 1.81. The van der Waals surface area contributed by atoms with Crippen molar-refractivity contribution in [3.05, 3.63) is 88.2 Å². The minimum absolute atomic E-state index is 0.0971. The number of nitrogens with one attached hydrogen (secondary N) is 2. The highest BCUT2D eigenvalue weighted by molar-refractivity contribution is 6.31. The molecule has 0 radical (unpaired) electrons. The third kappa shape index (κ3) is 4.34. The van der Waals surface area contributed by atoms with Gasteiger partial charge in [0.1, 0.15) is 5.69 Å². The standard InChI is InChI=1S/C21H15ClN4O2/c1-13-17(22)3-2-4-18(13)26-20(27)15-9-10-24-19(11-15)21(28)25-16-7-5-14(12-23)6-8-16/h2-11H,1H3,(H,25,28)(H,26,27). The molecule has 28 heavy (non-hydrogen) atoms. The second kappa shape index (κ2) is 8.33. The molecule has 3 aromatic rings. The molecule has 0 spiro atoms. The summed E-state index contributed by atoms with van der Waals surface area (Å²) in [6, 6.07) is 16.6. The molecular weight excluding hydrogens is 376 g/mol. The van der Waals surface area contributed by atoms with Crippen LogP contribution in [0, 0.1) is 18.3 Å². The van der Waals surface area contributed by atoms with E-state index in [4.69, 9.17) is 16.9 Å². The Hall–Kier alpha value is -3.69. The van der Waals surface area contributed by atoms with E-state index in [-0.39, 0.29) is 11.6 Å². The van der Waals surface area contributed by atoms with E-state index >= 15 is 0 Å². The summed E-state index contributed by atoms with van der Waals surface area (Å²) in [5, 5.41) is 14.8. The van der Waals surface area contributed by atoms with Gasteiger partial charge in [0.2, 0.25) is 0 Å². The molecular formula is C21H15ClN4O2. The van der Waals surface area contributed by atoms with E-state index in [0.717, 1.165) is 5.56 Å². The number of hydrogen-bond donors (Lipinski definition) is 2. The van der Waals surface area contributed by atoms with Gasteiger partial charge in [0.05, 0.1) is 11.6 Å². The van der Waals surface area contributed by atoms with Crippen molar-refractivity contribution >= 4 is 34.8 Å². The summed E-state index contributed by atoms with van der Waals surface area (Å²) in [5.41, 5.74) is 2.75. The number of pyridine rings is 1. The van der Waals surface area contributed by atoms with E-state index in [2.05, 4.69) is 15.6 Å². The molecule has 0 aliphatic carbocycles. The van der Waals surface area contributed by atoms with Crippen LogP contribution in [0.2, 0.25) is 5.02 Å². The second-order valence-corrected chi connectivity index (χ2v) is 6.35. The fourth-order valence-electron chi connectivity index (χ4n) is 2.46. The number of amides is 2. The molecule has 2 amide bonds. The van der Waals surface area contributed by atoms with Crippen molar-refractivity contribution in [3.63, 3.8) is 0 Å². The third-order valence-electron chi connectivity index (χ3n) is 4.04. The van der Waals surface area contributed by atoms with Crippen LogP contribution in [0.15, 0.2) is 60.8 Å².